The highest BCUT2D eigenvalue weighted by atomic mass is 32.1. The molecule has 2 amide bonds. The normalized spacial score (nSPS) is 24.9. The van der Waals surface area contributed by atoms with Crippen molar-refractivity contribution in [3.63, 3.8) is 0 Å². The first-order valence-electron chi connectivity index (χ1n) is 6.26. The quantitative estimate of drug-likeness (QED) is 0.637. The van der Waals surface area contributed by atoms with Gasteiger partial charge in [0.1, 0.15) is 5.92 Å². The van der Waals surface area contributed by atoms with Crippen LogP contribution >= 0.6 is 12.6 Å². The molecular weight excluding hydrogens is 276 g/mol. The second-order valence-electron chi connectivity index (χ2n) is 5.05. The van der Waals surface area contributed by atoms with Gasteiger partial charge in [0.05, 0.1) is 22.7 Å². The minimum atomic E-state index is -0.915. The van der Waals surface area contributed by atoms with E-state index < -0.39 is 17.2 Å². The molecule has 20 heavy (non-hydrogen) atoms. The Morgan fingerprint density at radius 2 is 2.05 bits per heavy atom. The monoisotopic (exact) mass is 290 g/mol. The third-order valence-electron chi connectivity index (χ3n) is 4.13. The van der Waals surface area contributed by atoms with Crippen LogP contribution in [0.4, 0.5) is 0 Å². The van der Waals surface area contributed by atoms with Crippen LogP contribution in [0.15, 0.2) is 10.6 Å². The molecule has 0 radical (unpaired) electrons. The number of carbonyl (C=O) groups excluding carboxylic acids is 2. The Morgan fingerprint density at radius 3 is 2.50 bits per heavy atom. The molecule has 2 rings (SSSR count). The smallest absolute Gasteiger partial charge is 0.243 e. The number of rotatable bonds is 0. The summed E-state index contributed by atoms with van der Waals surface area (Å²) in [6.07, 6.45) is 0.844. The van der Waals surface area contributed by atoms with E-state index in [9.17, 15) is 20.1 Å². The predicted octanol–water partition coefficient (Wildman–Crippen LogP) is 0.550. The summed E-state index contributed by atoms with van der Waals surface area (Å²) in [7, 11) is 0. The van der Waals surface area contributed by atoms with Crippen molar-refractivity contribution in [1.29, 1.82) is 10.5 Å². The van der Waals surface area contributed by atoms with Crippen LogP contribution < -0.4 is 5.32 Å². The second kappa shape index (κ2) is 5.18. The molecule has 2 aliphatic heterocycles. The van der Waals surface area contributed by atoms with Crippen molar-refractivity contribution in [3.05, 3.63) is 10.6 Å². The lowest BCUT2D eigenvalue weighted by Gasteiger charge is -2.45. The van der Waals surface area contributed by atoms with E-state index in [1.165, 1.54) is 6.92 Å². The predicted molar refractivity (Wildman–Crippen MR) is 72.8 cm³/mol. The van der Waals surface area contributed by atoms with Crippen LogP contribution in [0.3, 0.4) is 0 Å². The maximum absolute atomic E-state index is 12.0. The summed E-state index contributed by atoms with van der Waals surface area (Å²) in [5, 5.41) is 21.3. The van der Waals surface area contributed by atoms with Gasteiger partial charge in [0.15, 0.2) is 0 Å². The zero-order valence-electron chi connectivity index (χ0n) is 11.0. The molecule has 2 aliphatic rings. The van der Waals surface area contributed by atoms with E-state index in [-0.39, 0.29) is 10.9 Å². The molecule has 0 aromatic heterocycles. The van der Waals surface area contributed by atoms with Gasteiger partial charge in [0.2, 0.25) is 11.8 Å². The van der Waals surface area contributed by atoms with Gasteiger partial charge in [0.25, 0.3) is 0 Å². The number of amides is 2. The maximum Gasteiger partial charge on any atom is 0.243 e. The zero-order chi connectivity index (χ0) is 14.9. The van der Waals surface area contributed by atoms with Crippen molar-refractivity contribution < 1.29 is 9.59 Å². The van der Waals surface area contributed by atoms with Gasteiger partial charge in [-0.05, 0) is 12.8 Å². The molecule has 0 unspecified atom stereocenters. The Balaban J connectivity index is 2.43. The molecule has 1 fully saturated rings. The van der Waals surface area contributed by atoms with Gasteiger partial charge in [-0.15, -0.1) is 12.6 Å². The molecule has 1 spiro atoms. The van der Waals surface area contributed by atoms with Gasteiger partial charge in [-0.1, -0.05) is 0 Å². The lowest BCUT2D eigenvalue weighted by atomic mass is 9.63. The number of hydrogen-bond acceptors (Lipinski definition) is 5. The highest BCUT2D eigenvalue weighted by Gasteiger charge is 2.52. The van der Waals surface area contributed by atoms with Crippen LogP contribution in [0.2, 0.25) is 0 Å². The lowest BCUT2D eigenvalue weighted by molar-refractivity contribution is -0.132. The zero-order valence-corrected chi connectivity index (χ0v) is 11.9. The average Bonchev–Trinajstić information content (AvgIpc) is 2.39. The van der Waals surface area contributed by atoms with Gasteiger partial charge in [0, 0.05) is 25.4 Å². The number of hydrogen-bond donors (Lipinski definition) is 2. The molecule has 6 nitrogen and oxygen atoms in total. The summed E-state index contributed by atoms with van der Waals surface area (Å²) in [5.74, 6) is -1.38. The van der Waals surface area contributed by atoms with Gasteiger partial charge < -0.3 is 10.2 Å². The summed E-state index contributed by atoms with van der Waals surface area (Å²) in [6, 6.07) is 4.09. The molecule has 0 aromatic carbocycles. The largest absolute Gasteiger partial charge is 0.343 e. The Labute approximate surface area is 122 Å². The summed E-state index contributed by atoms with van der Waals surface area (Å²) >= 11 is 4.16. The third-order valence-corrected chi connectivity index (χ3v) is 4.47. The molecule has 2 heterocycles. The highest BCUT2D eigenvalue weighted by molar-refractivity contribution is 7.84. The molecule has 1 atom stereocenters. The number of nitrogens with one attached hydrogen (secondary N) is 1. The Hall–Kier alpha value is -1.99. The fourth-order valence-corrected chi connectivity index (χ4v) is 3.37. The molecule has 1 saturated heterocycles. The molecule has 0 aromatic rings. The minimum Gasteiger partial charge on any atom is -0.343 e. The number of likely N-dealkylation sites (tertiary alicyclic amines) is 1. The molecule has 1 N–H and O–H groups in total. The summed E-state index contributed by atoms with van der Waals surface area (Å²) in [4.78, 5) is 25.0. The first kappa shape index (κ1) is 14.4. The summed E-state index contributed by atoms with van der Waals surface area (Å²) in [5.41, 5.74) is -0.482. The molecule has 104 valence electrons. The number of carbonyl (C=O) groups is 2. The van der Waals surface area contributed by atoms with Crippen LogP contribution in [0.5, 0.6) is 0 Å². The molecule has 0 bridgehead atoms. The number of nitriles is 2. The van der Waals surface area contributed by atoms with Crippen molar-refractivity contribution >= 4 is 24.4 Å². The van der Waals surface area contributed by atoms with Gasteiger partial charge in [-0.25, -0.2) is 0 Å². The van der Waals surface area contributed by atoms with Gasteiger partial charge >= 0.3 is 0 Å². The first-order valence-corrected chi connectivity index (χ1v) is 6.71. The number of thiol groups is 1. The van der Waals surface area contributed by atoms with Crippen molar-refractivity contribution in [1.82, 2.24) is 10.2 Å². The van der Waals surface area contributed by atoms with Gasteiger partial charge in [-0.2, -0.15) is 10.5 Å². The summed E-state index contributed by atoms with van der Waals surface area (Å²) < 4.78 is 0. The number of piperidine rings is 1. The standard InChI is InChI=1S/C13H14N4O2S/c1-8(18)17-4-2-13(3-5-17)9(6-14)11(19)16-12(20)10(13)7-15/h9,20H,2-5H2,1H3,(H,16,19)/t9-/m0/s1. The van der Waals surface area contributed by atoms with Crippen LogP contribution in [0.25, 0.3) is 0 Å². The fraction of sp³-hybridized carbons (Fsp3) is 0.538. The van der Waals surface area contributed by atoms with Crippen LogP contribution in [0, 0.1) is 34.0 Å². The summed E-state index contributed by atoms with van der Waals surface area (Å²) in [6.45, 7) is 2.36. The number of allylic oxidation sites excluding steroid dienone is 1. The SMILES string of the molecule is CC(=O)N1CCC2(CC1)C(C#N)=C(S)NC(=O)[C@@H]2C#N. The van der Waals surface area contributed by atoms with E-state index >= 15 is 0 Å². The van der Waals surface area contributed by atoms with E-state index in [0.717, 1.165) is 0 Å². The first-order chi connectivity index (χ1) is 9.46. The van der Waals surface area contributed by atoms with Crippen LogP contribution in [0.1, 0.15) is 19.8 Å². The fourth-order valence-electron chi connectivity index (χ4n) is 2.99. The van der Waals surface area contributed by atoms with Crippen molar-refractivity contribution in [2.45, 2.75) is 19.8 Å². The molecular formula is C13H14N4O2S. The van der Waals surface area contributed by atoms with E-state index in [4.69, 9.17) is 0 Å². The van der Waals surface area contributed by atoms with Crippen LogP contribution in [-0.2, 0) is 9.59 Å². The van der Waals surface area contributed by atoms with Crippen molar-refractivity contribution in [2.75, 3.05) is 13.1 Å². The molecule has 7 heteroatoms. The topological polar surface area (TPSA) is 97.0 Å². The number of nitrogens with zero attached hydrogens (tertiary/aromatic N) is 3. The third kappa shape index (κ3) is 2.04. The van der Waals surface area contributed by atoms with E-state index in [2.05, 4.69) is 24.0 Å². The molecule has 0 saturated carbocycles. The Kier molecular flexibility index (Phi) is 3.74. The van der Waals surface area contributed by atoms with Crippen LogP contribution in [-0.4, -0.2) is 29.8 Å². The van der Waals surface area contributed by atoms with Crippen molar-refractivity contribution in [2.24, 2.45) is 11.3 Å². The average molecular weight is 290 g/mol. The van der Waals surface area contributed by atoms with E-state index in [0.29, 0.717) is 31.5 Å². The lowest BCUT2D eigenvalue weighted by Crippen LogP contribution is -2.53. The minimum absolute atomic E-state index is 0.0396. The van der Waals surface area contributed by atoms with E-state index in [1.807, 2.05) is 6.07 Å². The van der Waals surface area contributed by atoms with Crippen molar-refractivity contribution in [3.8, 4) is 12.1 Å². The van der Waals surface area contributed by atoms with Gasteiger partial charge in [-0.3, -0.25) is 9.59 Å². The Morgan fingerprint density at radius 1 is 1.45 bits per heavy atom. The second-order valence-corrected chi connectivity index (χ2v) is 5.50. The Bertz CT molecular complexity index is 576. The molecule has 0 aliphatic carbocycles. The maximum atomic E-state index is 12.0. The van der Waals surface area contributed by atoms with E-state index in [1.54, 1.807) is 4.90 Å². The highest BCUT2D eigenvalue weighted by Crippen LogP contribution is 2.48.